The van der Waals surface area contributed by atoms with E-state index in [9.17, 15) is 13.2 Å². The quantitative estimate of drug-likeness (QED) is 0.543. The van der Waals surface area contributed by atoms with Crippen molar-refractivity contribution in [1.29, 1.82) is 0 Å². The molecule has 0 saturated carbocycles. The number of rotatable bonds is 7. The van der Waals surface area contributed by atoms with Gasteiger partial charge in [-0.2, -0.15) is 5.10 Å². The van der Waals surface area contributed by atoms with Gasteiger partial charge in [-0.15, -0.1) is 11.3 Å². The Morgan fingerprint density at radius 2 is 1.88 bits per heavy atom. The maximum Gasteiger partial charge on any atom is 0.284 e. The minimum absolute atomic E-state index is 0.204. The van der Waals surface area contributed by atoms with E-state index in [0.29, 0.717) is 34.2 Å². The molecule has 0 fully saturated rings. The zero-order valence-corrected chi connectivity index (χ0v) is 19.9. The fourth-order valence-corrected chi connectivity index (χ4v) is 4.89. The monoisotopic (exact) mass is 485 g/mol. The standard InChI is InChI=1S/C23H23N3O5S2/c1-30-20-10-9-16(13-21(20)31-2)19-14-18(24-26(19)23(27)22-8-5-11-32-22)15-6-4-7-17(12-15)25-33(3,28)29/h4-13,19,25H,14H2,1-3H3. The van der Waals surface area contributed by atoms with Crippen molar-refractivity contribution in [2.75, 3.05) is 25.2 Å². The number of ether oxygens (including phenoxy) is 2. The molecule has 0 aliphatic carbocycles. The van der Waals surface area contributed by atoms with Crippen molar-refractivity contribution in [2.45, 2.75) is 12.5 Å². The van der Waals surface area contributed by atoms with Crippen LogP contribution >= 0.6 is 11.3 Å². The normalized spacial score (nSPS) is 15.8. The predicted molar refractivity (Wildman–Crippen MR) is 129 cm³/mol. The fraction of sp³-hybridized carbons (Fsp3) is 0.217. The summed E-state index contributed by atoms with van der Waals surface area (Å²) in [6.07, 6.45) is 1.55. The summed E-state index contributed by atoms with van der Waals surface area (Å²) < 4.78 is 36.6. The van der Waals surface area contributed by atoms with Crippen molar-refractivity contribution in [3.8, 4) is 11.5 Å². The molecule has 8 nitrogen and oxygen atoms in total. The average Bonchev–Trinajstić information content (AvgIpc) is 3.48. The summed E-state index contributed by atoms with van der Waals surface area (Å²) in [7, 11) is -0.288. The Labute approximate surface area is 196 Å². The molecular weight excluding hydrogens is 462 g/mol. The van der Waals surface area contributed by atoms with Crippen LogP contribution in [0.2, 0.25) is 0 Å². The van der Waals surface area contributed by atoms with Crippen LogP contribution in [0, 0.1) is 0 Å². The second-order valence-corrected chi connectivity index (χ2v) is 10.2. The van der Waals surface area contributed by atoms with Gasteiger partial charge in [0.2, 0.25) is 10.0 Å². The number of nitrogens with one attached hydrogen (secondary N) is 1. The largest absolute Gasteiger partial charge is 0.493 e. The molecule has 33 heavy (non-hydrogen) atoms. The van der Waals surface area contributed by atoms with Gasteiger partial charge in [0.1, 0.15) is 0 Å². The zero-order valence-electron chi connectivity index (χ0n) is 18.3. The van der Waals surface area contributed by atoms with Crippen LogP contribution in [0.15, 0.2) is 65.1 Å². The molecule has 1 unspecified atom stereocenters. The molecule has 10 heteroatoms. The molecule has 0 spiro atoms. The number of hydrogen-bond donors (Lipinski definition) is 1. The third-order valence-electron chi connectivity index (χ3n) is 5.14. The number of benzene rings is 2. The Kier molecular flexibility index (Phi) is 6.39. The molecule has 3 aromatic rings. The summed E-state index contributed by atoms with van der Waals surface area (Å²) in [4.78, 5) is 13.9. The van der Waals surface area contributed by atoms with Gasteiger partial charge in [0, 0.05) is 12.1 Å². The minimum atomic E-state index is -3.42. The van der Waals surface area contributed by atoms with Gasteiger partial charge in [-0.25, -0.2) is 13.4 Å². The van der Waals surface area contributed by atoms with Crippen LogP contribution in [0.4, 0.5) is 5.69 Å². The number of amides is 1. The van der Waals surface area contributed by atoms with Crippen LogP contribution in [-0.4, -0.2) is 45.5 Å². The van der Waals surface area contributed by atoms with E-state index >= 15 is 0 Å². The number of anilines is 1. The van der Waals surface area contributed by atoms with E-state index in [1.807, 2.05) is 29.6 Å². The van der Waals surface area contributed by atoms with Crippen molar-refractivity contribution in [1.82, 2.24) is 5.01 Å². The number of carbonyl (C=O) groups is 1. The van der Waals surface area contributed by atoms with Gasteiger partial charge in [0.25, 0.3) is 5.91 Å². The lowest BCUT2D eigenvalue weighted by Gasteiger charge is -2.22. The van der Waals surface area contributed by atoms with Crippen LogP contribution in [0.3, 0.4) is 0 Å². The van der Waals surface area contributed by atoms with Crippen molar-refractivity contribution in [3.63, 3.8) is 0 Å². The average molecular weight is 486 g/mol. The first-order valence-electron chi connectivity index (χ1n) is 10.0. The van der Waals surface area contributed by atoms with Gasteiger partial charge < -0.3 is 9.47 Å². The van der Waals surface area contributed by atoms with E-state index in [-0.39, 0.29) is 11.9 Å². The number of hydrazone groups is 1. The summed E-state index contributed by atoms with van der Waals surface area (Å²) >= 11 is 1.35. The van der Waals surface area contributed by atoms with Crippen LogP contribution in [0.5, 0.6) is 11.5 Å². The lowest BCUT2D eigenvalue weighted by molar-refractivity contribution is 0.0716. The van der Waals surface area contributed by atoms with Crippen molar-refractivity contribution in [2.24, 2.45) is 5.10 Å². The first-order chi connectivity index (χ1) is 15.8. The summed E-state index contributed by atoms with van der Waals surface area (Å²) in [6, 6.07) is 15.7. The molecule has 4 rings (SSSR count). The first-order valence-corrected chi connectivity index (χ1v) is 12.8. The van der Waals surface area contributed by atoms with E-state index in [1.54, 1.807) is 44.6 Å². The van der Waals surface area contributed by atoms with E-state index in [0.717, 1.165) is 17.4 Å². The van der Waals surface area contributed by atoms with Gasteiger partial charge in [0.05, 0.1) is 37.1 Å². The van der Waals surface area contributed by atoms with E-state index in [4.69, 9.17) is 9.47 Å². The van der Waals surface area contributed by atoms with Crippen LogP contribution < -0.4 is 14.2 Å². The Morgan fingerprint density at radius 3 is 2.55 bits per heavy atom. The van der Waals surface area contributed by atoms with Crippen LogP contribution in [0.1, 0.15) is 33.3 Å². The van der Waals surface area contributed by atoms with Gasteiger partial charge in [0.15, 0.2) is 11.5 Å². The Morgan fingerprint density at radius 1 is 1.09 bits per heavy atom. The molecule has 2 heterocycles. The number of nitrogens with zero attached hydrogens (tertiary/aromatic N) is 2. The molecule has 1 aromatic heterocycles. The summed E-state index contributed by atoms with van der Waals surface area (Å²) in [6.45, 7) is 0. The highest BCUT2D eigenvalue weighted by atomic mass is 32.2. The van der Waals surface area contributed by atoms with Gasteiger partial charge in [-0.3, -0.25) is 9.52 Å². The summed E-state index contributed by atoms with van der Waals surface area (Å²) in [5, 5.41) is 8.00. The number of methoxy groups -OCH3 is 2. The molecular formula is C23H23N3O5S2. The molecule has 0 bridgehead atoms. The van der Waals surface area contributed by atoms with Gasteiger partial charge in [-0.05, 0) is 46.8 Å². The van der Waals surface area contributed by atoms with Crippen molar-refractivity contribution in [3.05, 3.63) is 76.0 Å². The van der Waals surface area contributed by atoms with Crippen LogP contribution in [-0.2, 0) is 10.0 Å². The molecule has 0 radical (unpaired) electrons. The molecule has 172 valence electrons. The highest BCUT2D eigenvalue weighted by Gasteiger charge is 2.34. The van der Waals surface area contributed by atoms with Crippen molar-refractivity contribution >= 4 is 38.7 Å². The third-order valence-corrected chi connectivity index (χ3v) is 6.61. The molecule has 1 aliphatic heterocycles. The highest BCUT2D eigenvalue weighted by molar-refractivity contribution is 7.92. The molecule has 1 aliphatic rings. The maximum atomic E-state index is 13.3. The number of carbonyl (C=O) groups excluding carboxylic acids is 1. The molecule has 1 amide bonds. The highest BCUT2D eigenvalue weighted by Crippen LogP contribution is 2.38. The van der Waals surface area contributed by atoms with E-state index in [2.05, 4.69) is 9.82 Å². The molecule has 0 saturated heterocycles. The summed E-state index contributed by atoms with van der Waals surface area (Å²) in [5.74, 6) is 0.951. The SMILES string of the molecule is COc1ccc(C2CC(c3cccc(NS(C)(=O)=O)c3)=NN2C(=O)c2cccs2)cc1OC. The number of sulfonamides is 1. The van der Waals surface area contributed by atoms with Crippen LogP contribution in [0.25, 0.3) is 0 Å². The lowest BCUT2D eigenvalue weighted by atomic mass is 9.97. The zero-order chi connectivity index (χ0) is 23.6. The Bertz CT molecular complexity index is 1300. The lowest BCUT2D eigenvalue weighted by Crippen LogP contribution is -2.26. The summed E-state index contributed by atoms with van der Waals surface area (Å²) in [5.41, 5.74) is 2.69. The second kappa shape index (κ2) is 9.24. The van der Waals surface area contributed by atoms with E-state index < -0.39 is 10.0 Å². The maximum absolute atomic E-state index is 13.3. The Hall–Kier alpha value is -3.37. The van der Waals surface area contributed by atoms with Gasteiger partial charge in [-0.1, -0.05) is 24.3 Å². The number of thiophene rings is 1. The number of hydrogen-bond acceptors (Lipinski definition) is 7. The smallest absolute Gasteiger partial charge is 0.284 e. The van der Waals surface area contributed by atoms with E-state index in [1.165, 1.54) is 16.3 Å². The molecule has 1 atom stereocenters. The molecule has 1 N–H and O–H groups in total. The van der Waals surface area contributed by atoms with Crippen molar-refractivity contribution < 1.29 is 22.7 Å². The third kappa shape index (κ3) is 5.01. The van der Waals surface area contributed by atoms with Gasteiger partial charge >= 0.3 is 0 Å². The minimum Gasteiger partial charge on any atom is -0.493 e. The Balaban J connectivity index is 1.73. The first kappa shape index (κ1) is 22.8. The topological polar surface area (TPSA) is 97.3 Å². The molecule has 2 aromatic carbocycles. The predicted octanol–water partition coefficient (Wildman–Crippen LogP) is 4.13. The fourth-order valence-electron chi connectivity index (χ4n) is 3.68. The second-order valence-electron chi connectivity index (χ2n) is 7.46.